The van der Waals surface area contributed by atoms with Gasteiger partial charge in [-0.25, -0.2) is 9.97 Å². The topological polar surface area (TPSA) is 53.9 Å². The van der Waals surface area contributed by atoms with Crippen molar-refractivity contribution in [1.82, 2.24) is 19.9 Å². The number of nitrogens with zero attached hydrogens (tertiary/aromatic N) is 4. The predicted molar refractivity (Wildman–Crippen MR) is 99.4 cm³/mol. The second-order valence-electron chi connectivity index (χ2n) is 6.13. The Labute approximate surface area is 140 Å². The maximum Gasteiger partial charge on any atom is 0.0990 e. The monoisotopic (exact) mass is 317 g/mol. The van der Waals surface area contributed by atoms with Gasteiger partial charge in [-0.1, -0.05) is 12.1 Å². The molecule has 0 atom stereocenters. The number of rotatable bonds is 4. The summed E-state index contributed by atoms with van der Waals surface area (Å²) >= 11 is 0. The van der Waals surface area contributed by atoms with Crippen molar-refractivity contribution in [2.45, 2.75) is 0 Å². The fourth-order valence-electron chi connectivity index (χ4n) is 2.88. The van der Waals surface area contributed by atoms with Crippen molar-refractivity contribution in [3.05, 3.63) is 48.7 Å². The van der Waals surface area contributed by atoms with Crippen LogP contribution in [0.15, 0.2) is 48.7 Å². The molecule has 2 aromatic carbocycles. The summed E-state index contributed by atoms with van der Waals surface area (Å²) in [5.74, 6) is 0. The number of anilines is 1. The SMILES string of the molecule is CN(C)CCNc1cc2nc3ccccc3nc2c2cccnc12. The van der Waals surface area contributed by atoms with Gasteiger partial charge in [-0.2, -0.15) is 0 Å². The molecule has 4 aromatic rings. The van der Waals surface area contributed by atoms with Crippen LogP contribution in [0.3, 0.4) is 0 Å². The first-order valence-corrected chi connectivity index (χ1v) is 8.05. The molecule has 0 saturated heterocycles. The number of nitrogens with one attached hydrogen (secondary N) is 1. The maximum absolute atomic E-state index is 4.82. The first-order chi connectivity index (χ1) is 11.7. The van der Waals surface area contributed by atoms with Gasteiger partial charge in [0.2, 0.25) is 0 Å². The third kappa shape index (κ3) is 2.63. The van der Waals surface area contributed by atoms with Crippen LogP contribution in [0.4, 0.5) is 5.69 Å². The summed E-state index contributed by atoms with van der Waals surface area (Å²) in [6, 6.07) is 14.0. The number of benzene rings is 2. The van der Waals surface area contributed by atoms with Gasteiger partial charge in [-0.05, 0) is 44.4 Å². The summed E-state index contributed by atoms with van der Waals surface area (Å²) in [4.78, 5) is 16.3. The first kappa shape index (κ1) is 14.8. The first-order valence-electron chi connectivity index (χ1n) is 8.05. The molecule has 0 bridgehead atoms. The Bertz CT molecular complexity index is 1030. The minimum atomic E-state index is 0.852. The van der Waals surface area contributed by atoms with Crippen molar-refractivity contribution < 1.29 is 0 Å². The standard InChI is InChI=1S/C19H19N5/c1-24(2)11-10-20-16-12-17-19(13-6-5-9-21-18(13)16)23-15-8-4-3-7-14(15)22-17/h3-9,12,20H,10-11H2,1-2H3. The zero-order valence-corrected chi connectivity index (χ0v) is 13.8. The molecule has 0 aliphatic rings. The van der Waals surface area contributed by atoms with Crippen molar-refractivity contribution in [2.24, 2.45) is 0 Å². The summed E-state index contributed by atoms with van der Waals surface area (Å²) in [5, 5.41) is 4.52. The number of hydrogen-bond acceptors (Lipinski definition) is 5. The third-order valence-corrected chi connectivity index (χ3v) is 4.07. The molecule has 0 unspecified atom stereocenters. The molecule has 5 heteroatoms. The molecular weight excluding hydrogens is 298 g/mol. The van der Waals surface area contributed by atoms with E-state index in [2.05, 4.69) is 41.4 Å². The fourth-order valence-corrected chi connectivity index (χ4v) is 2.88. The lowest BCUT2D eigenvalue weighted by atomic mass is 10.1. The van der Waals surface area contributed by atoms with Crippen LogP contribution in [0.25, 0.3) is 33.0 Å². The van der Waals surface area contributed by atoms with E-state index < -0.39 is 0 Å². The quantitative estimate of drug-likeness (QED) is 0.462. The van der Waals surface area contributed by atoms with Crippen molar-refractivity contribution in [3.8, 4) is 0 Å². The van der Waals surface area contributed by atoms with Crippen LogP contribution in [0.2, 0.25) is 0 Å². The van der Waals surface area contributed by atoms with E-state index in [9.17, 15) is 0 Å². The largest absolute Gasteiger partial charge is 0.382 e. The van der Waals surface area contributed by atoms with Gasteiger partial charge < -0.3 is 10.2 Å². The molecule has 120 valence electrons. The highest BCUT2D eigenvalue weighted by Crippen LogP contribution is 2.29. The van der Waals surface area contributed by atoms with Crippen LogP contribution < -0.4 is 5.32 Å². The minimum Gasteiger partial charge on any atom is -0.382 e. The van der Waals surface area contributed by atoms with E-state index in [1.54, 1.807) is 0 Å². The normalized spacial score (nSPS) is 11.6. The summed E-state index contributed by atoms with van der Waals surface area (Å²) in [6.07, 6.45) is 1.82. The lowest BCUT2D eigenvalue weighted by Crippen LogP contribution is -2.20. The molecule has 1 N–H and O–H groups in total. The molecule has 0 amide bonds. The number of pyridine rings is 1. The molecule has 5 nitrogen and oxygen atoms in total. The van der Waals surface area contributed by atoms with E-state index in [0.29, 0.717) is 0 Å². The molecule has 0 aliphatic carbocycles. The van der Waals surface area contributed by atoms with E-state index in [0.717, 1.165) is 51.7 Å². The van der Waals surface area contributed by atoms with Crippen LogP contribution in [0, 0.1) is 0 Å². The van der Waals surface area contributed by atoms with E-state index in [4.69, 9.17) is 9.97 Å². The van der Waals surface area contributed by atoms with E-state index >= 15 is 0 Å². The maximum atomic E-state index is 4.82. The average Bonchev–Trinajstić information content (AvgIpc) is 2.60. The van der Waals surface area contributed by atoms with E-state index in [1.165, 1.54) is 0 Å². The van der Waals surface area contributed by atoms with Gasteiger partial charge in [0.05, 0.1) is 33.3 Å². The van der Waals surface area contributed by atoms with Gasteiger partial charge in [0.1, 0.15) is 0 Å². The van der Waals surface area contributed by atoms with Gasteiger partial charge in [-0.3, -0.25) is 4.98 Å². The van der Waals surface area contributed by atoms with Crippen LogP contribution in [-0.4, -0.2) is 47.0 Å². The molecule has 0 radical (unpaired) electrons. The molecular formula is C19H19N5. The Kier molecular flexibility index (Phi) is 3.70. The van der Waals surface area contributed by atoms with Gasteiger partial charge in [0.15, 0.2) is 0 Å². The molecule has 0 fully saturated rings. The smallest absolute Gasteiger partial charge is 0.0990 e. The number of likely N-dealkylation sites (N-methyl/N-ethyl adjacent to an activating group) is 1. The average molecular weight is 317 g/mol. The highest BCUT2D eigenvalue weighted by molar-refractivity contribution is 6.09. The fraction of sp³-hybridized carbons (Fsp3) is 0.211. The summed E-state index contributed by atoms with van der Waals surface area (Å²) in [7, 11) is 4.13. The lowest BCUT2D eigenvalue weighted by Gasteiger charge is -2.14. The number of fused-ring (bicyclic) bond motifs is 4. The minimum absolute atomic E-state index is 0.852. The Balaban J connectivity index is 1.92. The van der Waals surface area contributed by atoms with E-state index in [1.807, 2.05) is 36.5 Å². The predicted octanol–water partition coefficient (Wildman–Crippen LogP) is 3.30. The number of hydrogen-bond donors (Lipinski definition) is 1. The molecule has 2 heterocycles. The van der Waals surface area contributed by atoms with Gasteiger partial charge in [0.25, 0.3) is 0 Å². The summed E-state index contributed by atoms with van der Waals surface area (Å²) in [5.41, 5.74) is 5.55. The van der Waals surface area contributed by atoms with Gasteiger partial charge in [0, 0.05) is 24.7 Å². The summed E-state index contributed by atoms with van der Waals surface area (Å²) < 4.78 is 0. The van der Waals surface area contributed by atoms with Crippen LogP contribution in [-0.2, 0) is 0 Å². The van der Waals surface area contributed by atoms with Crippen molar-refractivity contribution in [3.63, 3.8) is 0 Å². The number of para-hydroxylation sites is 2. The van der Waals surface area contributed by atoms with Crippen LogP contribution >= 0.6 is 0 Å². The Morgan fingerprint density at radius 2 is 1.71 bits per heavy atom. The van der Waals surface area contributed by atoms with Crippen molar-refractivity contribution in [2.75, 3.05) is 32.5 Å². The van der Waals surface area contributed by atoms with Crippen LogP contribution in [0.1, 0.15) is 0 Å². The molecule has 4 rings (SSSR count). The Morgan fingerprint density at radius 1 is 0.917 bits per heavy atom. The van der Waals surface area contributed by atoms with Crippen molar-refractivity contribution >= 4 is 38.7 Å². The molecule has 24 heavy (non-hydrogen) atoms. The highest BCUT2D eigenvalue weighted by Gasteiger charge is 2.10. The number of aromatic nitrogens is 3. The lowest BCUT2D eigenvalue weighted by molar-refractivity contribution is 0.425. The highest BCUT2D eigenvalue weighted by atomic mass is 15.1. The Morgan fingerprint density at radius 3 is 2.50 bits per heavy atom. The second kappa shape index (κ2) is 6.02. The second-order valence-corrected chi connectivity index (χ2v) is 6.13. The third-order valence-electron chi connectivity index (χ3n) is 4.07. The van der Waals surface area contributed by atoms with Crippen LogP contribution in [0.5, 0.6) is 0 Å². The van der Waals surface area contributed by atoms with Gasteiger partial charge in [-0.15, -0.1) is 0 Å². The zero-order valence-electron chi connectivity index (χ0n) is 13.8. The molecule has 2 aromatic heterocycles. The molecule has 0 aliphatic heterocycles. The molecule has 0 spiro atoms. The van der Waals surface area contributed by atoms with E-state index in [-0.39, 0.29) is 0 Å². The summed E-state index contributed by atoms with van der Waals surface area (Å²) in [6.45, 7) is 1.81. The zero-order chi connectivity index (χ0) is 16.5. The van der Waals surface area contributed by atoms with Gasteiger partial charge >= 0.3 is 0 Å². The van der Waals surface area contributed by atoms with Crippen molar-refractivity contribution in [1.29, 1.82) is 0 Å². The Hall–Kier alpha value is -2.79. The molecule has 0 saturated carbocycles.